The number of hydrogen-bond donors (Lipinski definition) is 0. The van der Waals surface area contributed by atoms with E-state index in [1.165, 1.54) is 64.2 Å². The van der Waals surface area contributed by atoms with E-state index in [4.69, 9.17) is 0 Å². The van der Waals surface area contributed by atoms with Gasteiger partial charge in [-0.05, 0) is 13.0 Å². The molecule has 1 rings (SSSR count). The number of rotatable bonds is 11. The van der Waals surface area contributed by atoms with Crippen molar-refractivity contribution in [2.75, 3.05) is 0 Å². The summed E-state index contributed by atoms with van der Waals surface area (Å²) in [4.78, 5) is 0. The predicted octanol–water partition coefficient (Wildman–Crippen LogP) is -3.40. The topological polar surface area (TPSA) is 4.93 Å². The third kappa shape index (κ3) is 16.6. The number of nitrogens with zero attached hydrogens (tertiary/aromatic N) is 1. The van der Waals surface area contributed by atoms with Crippen molar-refractivity contribution in [1.29, 1.82) is 0 Å². The summed E-state index contributed by atoms with van der Waals surface area (Å²) in [7, 11) is 0. The minimum atomic E-state index is 0. The van der Waals surface area contributed by atoms with Gasteiger partial charge in [-0.3, -0.25) is 0 Å². The molecule has 1 aromatic heterocycles. The van der Waals surface area contributed by atoms with Crippen LogP contribution in [0.3, 0.4) is 0 Å². The molecule has 0 aliphatic heterocycles. The molecule has 6 heteroatoms. The van der Waals surface area contributed by atoms with Crippen LogP contribution in [0.15, 0.2) is 16.7 Å². The van der Waals surface area contributed by atoms with Crippen molar-refractivity contribution in [3.05, 3.63) is 22.9 Å². The second kappa shape index (κ2) is 22.7. The Kier molecular flexibility index (Phi) is 32.5. The monoisotopic (exact) mass is 413 g/mol. The summed E-state index contributed by atoms with van der Waals surface area (Å²) >= 11 is 3.52. The molecular formula is C16H27BrCl2LiMgN. The van der Waals surface area contributed by atoms with Gasteiger partial charge in [0, 0.05) is 0 Å². The maximum atomic E-state index is 3.52. The SMILES string of the molecule is CCCCCCCCCCCCn1[c-]ccc1Br.[Cl-].[Cl-].[Li+].[Mg+2]. The number of aromatic nitrogens is 1. The smallest absolute Gasteiger partial charge is 1.00 e. The minimum absolute atomic E-state index is 0. The molecule has 0 amide bonds. The zero-order chi connectivity index (χ0) is 13.1. The van der Waals surface area contributed by atoms with Gasteiger partial charge in [0.1, 0.15) is 0 Å². The van der Waals surface area contributed by atoms with Crippen LogP contribution in [0, 0.1) is 6.20 Å². The zero-order valence-electron chi connectivity index (χ0n) is 14.2. The Balaban J connectivity index is -0.000000405. The molecule has 0 saturated heterocycles. The molecule has 120 valence electrons. The molecular weight excluding hydrogens is 388 g/mol. The normalized spacial score (nSPS) is 9.00. The van der Waals surface area contributed by atoms with Crippen molar-refractivity contribution < 1.29 is 43.7 Å². The van der Waals surface area contributed by atoms with Crippen LogP contribution in [-0.4, -0.2) is 27.6 Å². The van der Waals surface area contributed by atoms with Crippen molar-refractivity contribution >= 4 is 39.0 Å². The quantitative estimate of drug-likeness (QED) is 0.202. The van der Waals surface area contributed by atoms with Crippen LogP contribution in [0.5, 0.6) is 0 Å². The molecule has 0 unspecified atom stereocenters. The zero-order valence-corrected chi connectivity index (χ0v) is 18.7. The Bertz CT molecular complexity index is 314. The molecule has 0 fully saturated rings. The van der Waals surface area contributed by atoms with Gasteiger partial charge in [-0.2, -0.15) is 12.1 Å². The number of halogens is 3. The Labute approximate surface area is 186 Å². The molecule has 0 radical (unpaired) electrons. The van der Waals surface area contributed by atoms with Gasteiger partial charge in [-0.1, -0.05) is 69.3 Å². The molecule has 0 saturated carbocycles. The molecule has 0 aliphatic rings. The Hall–Kier alpha value is 1.70. The van der Waals surface area contributed by atoms with Crippen LogP contribution in [0.1, 0.15) is 71.1 Å². The van der Waals surface area contributed by atoms with Gasteiger partial charge in [0.15, 0.2) is 0 Å². The van der Waals surface area contributed by atoms with Gasteiger partial charge in [0.25, 0.3) is 0 Å². The molecule has 22 heavy (non-hydrogen) atoms. The second-order valence-corrected chi connectivity index (χ2v) is 5.93. The summed E-state index contributed by atoms with van der Waals surface area (Å²) in [5.41, 5.74) is 0. The van der Waals surface area contributed by atoms with Gasteiger partial charge in [-0.25, -0.2) is 0 Å². The fourth-order valence-electron chi connectivity index (χ4n) is 2.28. The van der Waals surface area contributed by atoms with Crippen LogP contribution >= 0.6 is 15.9 Å². The molecule has 0 N–H and O–H groups in total. The minimum Gasteiger partial charge on any atom is -1.00 e. The summed E-state index contributed by atoms with van der Waals surface area (Å²) in [6, 6.07) is 4.02. The van der Waals surface area contributed by atoms with Crippen LogP contribution in [0.4, 0.5) is 0 Å². The maximum absolute atomic E-state index is 3.52. The fourth-order valence-corrected chi connectivity index (χ4v) is 2.69. The van der Waals surface area contributed by atoms with E-state index < -0.39 is 0 Å². The van der Waals surface area contributed by atoms with Gasteiger partial charge in [0.2, 0.25) is 0 Å². The molecule has 1 heterocycles. The summed E-state index contributed by atoms with van der Waals surface area (Å²) in [6.07, 6.45) is 17.2. The average molecular weight is 415 g/mol. The molecule has 1 nitrogen and oxygen atoms in total. The van der Waals surface area contributed by atoms with Crippen molar-refractivity contribution in [2.24, 2.45) is 0 Å². The molecule has 0 atom stereocenters. The summed E-state index contributed by atoms with van der Waals surface area (Å²) in [5.74, 6) is 0. The van der Waals surface area contributed by atoms with Crippen LogP contribution in [0.2, 0.25) is 0 Å². The molecule has 0 spiro atoms. The molecule has 1 aromatic rings. The third-order valence-corrected chi connectivity index (χ3v) is 4.14. The van der Waals surface area contributed by atoms with Crippen LogP contribution in [0.25, 0.3) is 0 Å². The Morgan fingerprint density at radius 3 is 1.77 bits per heavy atom. The van der Waals surface area contributed by atoms with Crippen LogP contribution in [-0.2, 0) is 6.54 Å². The van der Waals surface area contributed by atoms with Crippen molar-refractivity contribution in [3.63, 3.8) is 0 Å². The fraction of sp³-hybridized carbons (Fsp3) is 0.750. The van der Waals surface area contributed by atoms with E-state index in [1.807, 2.05) is 6.07 Å². The van der Waals surface area contributed by atoms with Gasteiger partial charge >= 0.3 is 41.9 Å². The van der Waals surface area contributed by atoms with Crippen molar-refractivity contribution in [3.8, 4) is 0 Å². The first-order valence-electron chi connectivity index (χ1n) is 7.57. The van der Waals surface area contributed by atoms with Crippen LogP contribution < -0.4 is 43.7 Å². The van der Waals surface area contributed by atoms with Crippen molar-refractivity contribution in [2.45, 2.75) is 77.7 Å². The van der Waals surface area contributed by atoms with Crippen molar-refractivity contribution in [1.82, 2.24) is 4.57 Å². The van der Waals surface area contributed by atoms with Gasteiger partial charge < -0.3 is 29.4 Å². The van der Waals surface area contributed by atoms with Gasteiger partial charge in [-0.15, -0.1) is 22.1 Å². The third-order valence-electron chi connectivity index (χ3n) is 3.44. The number of unbranched alkanes of at least 4 members (excludes halogenated alkanes) is 9. The van der Waals surface area contributed by atoms with E-state index in [0.29, 0.717) is 0 Å². The number of hydrogen-bond acceptors (Lipinski definition) is 0. The molecule has 0 bridgehead atoms. The molecule has 0 aromatic carbocycles. The van der Waals surface area contributed by atoms with E-state index in [0.717, 1.165) is 11.1 Å². The molecule has 0 aliphatic carbocycles. The summed E-state index contributed by atoms with van der Waals surface area (Å²) in [5, 5.41) is 0. The Morgan fingerprint density at radius 1 is 0.909 bits per heavy atom. The first kappa shape index (κ1) is 31.5. The van der Waals surface area contributed by atoms with E-state index in [-0.39, 0.29) is 66.7 Å². The summed E-state index contributed by atoms with van der Waals surface area (Å²) < 4.78 is 3.31. The first-order valence-corrected chi connectivity index (χ1v) is 8.36. The summed E-state index contributed by atoms with van der Waals surface area (Å²) in [6.45, 7) is 3.38. The van der Waals surface area contributed by atoms with E-state index >= 15 is 0 Å². The average Bonchev–Trinajstić information content (AvgIpc) is 2.77. The van der Waals surface area contributed by atoms with E-state index in [1.54, 1.807) is 0 Å². The predicted molar refractivity (Wildman–Crippen MR) is 88.6 cm³/mol. The largest absolute Gasteiger partial charge is 2.00 e. The first-order chi connectivity index (χ1) is 8.84. The van der Waals surface area contributed by atoms with E-state index in [9.17, 15) is 0 Å². The second-order valence-electron chi connectivity index (χ2n) is 5.12. The maximum Gasteiger partial charge on any atom is 2.00 e. The Morgan fingerprint density at radius 2 is 1.36 bits per heavy atom. The van der Waals surface area contributed by atoms with Gasteiger partial charge in [0.05, 0.1) is 0 Å². The van der Waals surface area contributed by atoms with E-state index in [2.05, 4.69) is 39.7 Å². The number of aryl methyl sites for hydroxylation is 1. The standard InChI is InChI=1S/C16H27BrN.2ClH.Li.Mg/c1-2-3-4-5-6-7-8-9-10-11-14-18-15-12-13-16(18)17;;;;/h12-13H,2-11,14H2,1H3;2*1H;;/q-1;;;+1;+2/p-2.